The number of nitrogens with zero attached hydrogens (tertiary/aromatic N) is 1. The summed E-state index contributed by atoms with van der Waals surface area (Å²) >= 11 is 0. The fraction of sp³-hybridized carbons (Fsp3) is 0.545. The number of hydrogen-bond acceptors (Lipinski definition) is 5. The van der Waals surface area contributed by atoms with Crippen molar-refractivity contribution in [3.63, 3.8) is 0 Å². The molecule has 0 aliphatic heterocycles. The first kappa shape index (κ1) is 15.7. The van der Waals surface area contributed by atoms with Crippen molar-refractivity contribution in [3.05, 3.63) is 17.6 Å². The molecular weight excluding hydrogens is 272 g/mol. The standard InChI is InChI=1S/C11H18N2O5S/c1-4-13(3)6-5-12-19(16,17)10-7-9(11(14)15)18-8(10)2/h7,12H,4-6H2,1-3H3,(H,14,15). The van der Waals surface area contributed by atoms with E-state index < -0.39 is 16.0 Å². The SMILES string of the molecule is CCN(C)CCNS(=O)(=O)c1cc(C(=O)O)oc1C. The molecule has 0 saturated heterocycles. The molecule has 1 aromatic heterocycles. The van der Waals surface area contributed by atoms with Crippen LogP contribution < -0.4 is 4.72 Å². The Morgan fingerprint density at radius 1 is 1.53 bits per heavy atom. The van der Waals surface area contributed by atoms with Gasteiger partial charge < -0.3 is 14.4 Å². The van der Waals surface area contributed by atoms with Crippen LogP contribution in [0.3, 0.4) is 0 Å². The van der Waals surface area contributed by atoms with Crippen LogP contribution in [0.4, 0.5) is 0 Å². The van der Waals surface area contributed by atoms with E-state index in [4.69, 9.17) is 9.52 Å². The highest BCUT2D eigenvalue weighted by Gasteiger charge is 2.23. The lowest BCUT2D eigenvalue weighted by Gasteiger charge is -2.13. The Hall–Kier alpha value is -1.38. The second-order valence-corrected chi connectivity index (χ2v) is 5.87. The Balaban J connectivity index is 2.80. The summed E-state index contributed by atoms with van der Waals surface area (Å²) < 4.78 is 31.2. The molecule has 108 valence electrons. The van der Waals surface area contributed by atoms with Gasteiger partial charge in [0.05, 0.1) is 0 Å². The number of carbonyl (C=O) groups is 1. The number of sulfonamides is 1. The molecular formula is C11H18N2O5S. The van der Waals surface area contributed by atoms with Crippen molar-refractivity contribution >= 4 is 16.0 Å². The molecule has 0 spiro atoms. The summed E-state index contributed by atoms with van der Waals surface area (Å²) in [7, 11) is -1.87. The molecule has 7 nitrogen and oxygen atoms in total. The van der Waals surface area contributed by atoms with Crippen LogP contribution in [0.15, 0.2) is 15.4 Å². The largest absolute Gasteiger partial charge is 0.475 e. The van der Waals surface area contributed by atoms with Crippen LogP contribution >= 0.6 is 0 Å². The summed E-state index contributed by atoms with van der Waals surface area (Å²) in [6.45, 7) is 5.01. The van der Waals surface area contributed by atoms with Gasteiger partial charge in [-0.05, 0) is 20.5 Å². The van der Waals surface area contributed by atoms with Crippen LogP contribution in [0.25, 0.3) is 0 Å². The fourth-order valence-electron chi connectivity index (χ4n) is 1.44. The predicted molar refractivity (Wildman–Crippen MR) is 68.8 cm³/mol. The quantitative estimate of drug-likeness (QED) is 0.759. The van der Waals surface area contributed by atoms with E-state index in [1.54, 1.807) is 0 Å². The first-order chi connectivity index (χ1) is 8.77. The first-order valence-corrected chi connectivity index (χ1v) is 7.28. The van der Waals surface area contributed by atoms with Crippen molar-refractivity contribution < 1.29 is 22.7 Å². The number of likely N-dealkylation sites (N-methyl/N-ethyl adjacent to an activating group) is 1. The molecule has 0 bridgehead atoms. The molecule has 0 atom stereocenters. The molecule has 0 aliphatic rings. The van der Waals surface area contributed by atoms with Crippen LogP contribution in [0.2, 0.25) is 0 Å². The van der Waals surface area contributed by atoms with E-state index >= 15 is 0 Å². The monoisotopic (exact) mass is 290 g/mol. The van der Waals surface area contributed by atoms with Crippen LogP contribution in [0.1, 0.15) is 23.2 Å². The zero-order valence-corrected chi connectivity index (χ0v) is 12.0. The lowest BCUT2D eigenvalue weighted by Crippen LogP contribution is -2.33. The van der Waals surface area contributed by atoms with Gasteiger partial charge in [0.25, 0.3) is 0 Å². The summed E-state index contributed by atoms with van der Waals surface area (Å²) in [6, 6.07) is 1.02. The summed E-state index contributed by atoms with van der Waals surface area (Å²) in [4.78, 5) is 12.5. The summed E-state index contributed by atoms with van der Waals surface area (Å²) in [5, 5.41) is 8.75. The lowest BCUT2D eigenvalue weighted by atomic mass is 10.4. The Morgan fingerprint density at radius 2 is 2.16 bits per heavy atom. The number of aromatic carboxylic acids is 1. The maximum atomic E-state index is 12.0. The fourth-order valence-corrected chi connectivity index (χ4v) is 2.64. The van der Waals surface area contributed by atoms with E-state index in [9.17, 15) is 13.2 Å². The minimum atomic E-state index is -3.74. The van der Waals surface area contributed by atoms with Crippen LogP contribution in [-0.2, 0) is 10.0 Å². The van der Waals surface area contributed by atoms with Gasteiger partial charge >= 0.3 is 5.97 Å². The van der Waals surface area contributed by atoms with Crippen LogP contribution in [0, 0.1) is 6.92 Å². The van der Waals surface area contributed by atoms with Crippen molar-refractivity contribution in [1.82, 2.24) is 9.62 Å². The molecule has 0 saturated carbocycles. The number of aryl methyl sites for hydroxylation is 1. The van der Waals surface area contributed by atoms with Crippen LogP contribution in [-0.4, -0.2) is 51.1 Å². The van der Waals surface area contributed by atoms with Crippen molar-refractivity contribution in [2.45, 2.75) is 18.7 Å². The Morgan fingerprint density at radius 3 is 2.63 bits per heavy atom. The van der Waals surface area contributed by atoms with Gasteiger partial charge in [0.2, 0.25) is 15.8 Å². The van der Waals surface area contributed by atoms with E-state index in [0.29, 0.717) is 6.54 Å². The van der Waals surface area contributed by atoms with Gasteiger partial charge in [-0.3, -0.25) is 0 Å². The third kappa shape index (κ3) is 4.05. The Kier molecular flexibility index (Phi) is 5.10. The molecule has 1 heterocycles. The Bertz CT molecular complexity index is 549. The van der Waals surface area contributed by atoms with Gasteiger partial charge in [0.1, 0.15) is 10.7 Å². The predicted octanol–water partition coefficient (Wildman–Crippen LogP) is 0.516. The second kappa shape index (κ2) is 6.18. The topological polar surface area (TPSA) is 99.9 Å². The van der Waals surface area contributed by atoms with E-state index in [0.717, 1.165) is 12.6 Å². The highest BCUT2D eigenvalue weighted by atomic mass is 32.2. The molecule has 19 heavy (non-hydrogen) atoms. The van der Waals surface area contributed by atoms with Gasteiger partial charge in [-0.1, -0.05) is 6.92 Å². The highest BCUT2D eigenvalue weighted by molar-refractivity contribution is 7.89. The van der Waals surface area contributed by atoms with E-state index in [1.807, 2.05) is 18.9 Å². The maximum Gasteiger partial charge on any atom is 0.371 e. The molecule has 2 N–H and O–H groups in total. The summed E-state index contributed by atoms with van der Waals surface area (Å²) in [5.41, 5.74) is 0. The molecule has 0 amide bonds. The number of carboxylic acid groups (broad SMARTS) is 1. The Labute approximate surface area is 112 Å². The number of furan rings is 1. The first-order valence-electron chi connectivity index (χ1n) is 5.80. The molecule has 0 aliphatic carbocycles. The lowest BCUT2D eigenvalue weighted by molar-refractivity contribution is 0.0661. The zero-order valence-electron chi connectivity index (χ0n) is 11.1. The van der Waals surface area contributed by atoms with Crippen molar-refractivity contribution in [2.24, 2.45) is 0 Å². The number of nitrogens with one attached hydrogen (secondary N) is 1. The van der Waals surface area contributed by atoms with Crippen molar-refractivity contribution in [2.75, 3.05) is 26.7 Å². The number of carboxylic acids is 1. The van der Waals surface area contributed by atoms with Gasteiger partial charge in [-0.2, -0.15) is 0 Å². The van der Waals surface area contributed by atoms with Gasteiger partial charge in [0, 0.05) is 19.2 Å². The van der Waals surface area contributed by atoms with Crippen molar-refractivity contribution in [1.29, 1.82) is 0 Å². The highest BCUT2D eigenvalue weighted by Crippen LogP contribution is 2.19. The zero-order chi connectivity index (χ0) is 14.6. The molecule has 8 heteroatoms. The van der Waals surface area contributed by atoms with Crippen LogP contribution in [0.5, 0.6) is 0 Å². The maximum absolute atomic E-state index is 12.0. The smallest absolute Gasteiger partial charge is 0.371 e. The number of hydrogen-bond donors (Lipinski definition) is 2. The van der Waals surface area contributed by atoms with E-state index in [2.05, 4.69) is 4.72 Å². The molecule has 1 rings (SSSR count). The molecule has 0 fully saturated rings. The summed E-state index contributed by atoms with van der Waals surface area (Å²) in [6.07, 6.45) is 0. The summed E-state index contributed by atoms with van der Waals surface area (Å²) in [5.74, 6) is -1.62. The third-order valence-electron chi connectivity index (χ3n) is 2.70. The average molecular weight is 290 g/mol. The van der Waals surface area contributed by atoms with E-state index in [-0.39, 0.29) is 23.0 Å². The van der Waals surface area contributed by atoms with Gasteiger partial charge in [0.15, 0.2) is 0 Å². The molecule has 1 aromatic rings. The molecule has 0 aromatic carbocycles. The minimum absolute atomic E-state index is 0.0637. The molecule has 0 radical (unpaired) electrons. The van der Waals surface area contributed by atoms with Gasteiger partial charge in [-0.25, -0.2) is 17.9 Å². The second-order valence-electron chi connectivity index (χ2n) is 4.13. The van der Waals surface area contributed by atoms with E-state index in [1.165, 1.54) is 6.92 Å². The van der Waals surface area contributed by atoms with Crippen molar-refractivity contribution in [3.8, 4) is 0 Å². The third-order valence-corrected chi connectivity index (χ3v) is 4.27. The average Bonchev–Trinajstić information content (AvgIpc) is 2.71. The van der Waals surface area contributed by atoms with Gasteiger partial charge in [-0.15, -0.1) is 0 Å². The normalized spacial score (nSPS) is 12.0. The number of rotatable bonds is 7. The molecule has 0 unspecified atom stereocenters. The minimum Gasteiger partial charge on any atom is -0.475 e.